The van der Waals surface area contributed by atoms with E-state index in [1.54, 1.807) is 12.1 Å². The minimum absolute atomic E-state index is 0.228. The fourth-order valence-corrected chi connectivity index (χ4v) is 2.98. The number of aryl methyl sites for hydroxylation is 1. The minimum atomic E-state index is -4.12. The lowest BCUT2D eigenvalue weighted by atomic mass is 10.3. The van der Waals surface area contributed by atoms with Crippen LogP contribution in [0.5, 0.6) is 0 Å². The van der Waals surface area contributed by atoms with Crippen molar-refractivity contribution in [1.29, 1.82) is 0 Å². The number of aromatic nitrogens is 2. The van der Waals surface area contributed by atoms with Crippen LogP contribution in [0.4, 0.5) is 11.4 Å². The molecule has 9 heteroatoms. The molecule has 0 aliphatic carbocycles. The molecule has 21 heavy (non-hydrogen) atoms. The van der Waals surface area contributed by atoms with Crippen molar-refractivity contribution in [3.63, 3.8) is 0 Å². The third kappa shape index (κ3) is 2.82. The number of nitrogens with two attached hydrogens (primary N) is 1. The molecule has 1 aromatic heterocycles. The van der Waals surface area contributed by atoms with E-state index in [-0.39, 0.29) is 5.69 Å². The van der Waals surface area contributed by atoms with E-state index in [9.17, 15) is 18.0 Å². The Bertz CT molecular complexity index is 912. The number of rotatable bonds is 3. The van der Waals surface area contributed by atoms with Crippen LogP contribution in [0.25, 0.3) is 0 Å². The molecule has 0 aliphatic rings. The highest BCUT2D eigenvalue weighted by atomic mass is 32.2. The Morgan fingerprint density at radius 3 is 2.48 bits per heavy atom. The Labute approximate surface area is 120 Å². The summed E-state index contributed by atoms with van der Waals surface area (Å²) in [4.78, 5) is 23.0. The lowest BCUT2D eigenvalue weighted by Crippen LogP contribution is -2.40. The first kappa shape index (κ1) is 14.9. The van der Waals surface area contributed by atoms with Crippen molar-refractivity contribution in [2.24, 2.45) is 14.1 Å². The molecule has 0 unspecified atom stereocenters. The van der Waals surface area contributed by atoms with Crippen molar-refractivity contribution in [3.05, 3.63) is 51.3 Å². The second kappa shape index (κ2) is 5.09. The van der Waals surface area contributed by atoms with E-state index >= 15 is 0 Å². The van der Waals surface area contributed by atoms with Gasteiger partial charge in [0.15, 0.2) is 4.90 Å². The number of nitrogen functional groups attached to an aromatic ring is 1. The second-order valence-electron chi connectivity index (χ2n) is 4.48. The van der Waals surface area contributed by atoms with E-state index < -0.39 is 26.2 Å². The Morgan fingerprint density at radius 2 is 1.86 bits per heavy atom. The minimum Gasteiger partial charge on any atom is -0.399 e. The molecule has 1 heterocycles. The van der Waals surface area contributed by atoms with Crippen LogP contribution < -0.4 is 21.7 Å². The van der Waals surface area contributed by atoms with E-state index in [1.165, 1.54) is 26.2 Å². The molecule has 2 aromatic rings. The largest absolute Gasteiger partial charge is 0.399 e. The van der Waals surface area contributed by atoms with Gasteiger partial charge < -0.3 is 10.3 Å². The van der Waals surface area contributed by atoms with Gasteiger partial charge in [-0.05, 0) is 18.2 Å². The highest BCUT2D eigenvalue weighted by Gasteiger charge is 2.21. The van der Waals surface area contributed by atoms with Gasteiger partial charge in [0.25, 0.3) is 15.6 Å². The molecular weight excluding hydrogens is 296 g/mol. The fraction of sp³-hybridized carbons (Fsp3) is 0.167. The number of hydrogen-bond donors (Lipinski definition) is 2. The molecule has 0 radical (unpaired) electrons. The van der Waals surface area contributed by atoms with Gasteiger partial charge >= 0.3 is 5.69 Å². The van der Waals surface area contributed by atoms with Gasteiger partial charge in [0, 0.05) is 26.0 Å². The highest BCUT2D eigenvalue weighted by molar-refractivity contribution is 7.92. The smallest absolute Gasteiger partial charge is 0.330 e. The van der Waals surface area contributed by atoms with Crippen molar-refractivity contribution >= 4 is 21.4 Å². The molecule has 3 N–H and O–H groups in total. The van der Waals surface area contributed by atoms with Crippen LogP contribution in [0.15, 0.2) is 44.9 Å². The molecule has 0 atom stereocenters. The summed E-state index contributed by atoms with van der Waals surface area (Å²) in [5.41, 5.74) is 4.67. The maximum atomic E-state index is 12.3. The first-order chi connectivity index (χ1) is 9.72. The average Bonchev–Trinajstić information content (AvgIpc) is 2.40. The summed E-state index contributed by atoms with van der Waals surface area (Å²) in [5.74, 6) is 0. The number of nitrogens with one attached hydrogen (secondary N) is 1. The van der Waals surface area contributed by atoms with E-state index in [0.717, 1.165) is 15.3 Å². The number of benzene rings is 1. The molecule has 112 valence electrons. The van der Waals surface area contributed by atoms with Crippen molar-refractivity contribution in [1.82, 2.24) is 9.13 Å². The summed E-state index contributed by atoms with van der Waals surface area (Å²) in [6.45, 7) is 0. The molecule has 0 saturated heterocycles. The third-order valence-electron chi connectivity index (χ3n) is 2.84. The van der Waals surface area contributed by atoms with Gasteiger partial charge in [0.2, 0.25) is 0 Å². The topological polar surface area (TPSA) is 116 Å². The van der Waals surface area contributed by atoms with Gasteiger partial charge in [0.1, 0.15) is 0 Å². The first-order valence-electron chi connectivity index (χ1n) is 5.87. The molecule has 1 aromatic carbocycles. The number of anilines is 2. The van der Waals surface area contributed by atoms with Gasteiger partial charge in [-0.1, -0.05) is 6.07 Å². The third-order valence-corrected chi connectivity index (χ3v) is 4.21. The Balaban J connectivity index is 2.56. The Hall–Kier alpha value is -2.55. The van der Waals surface area contributed by atoms with Crippen molar-refractivity contribution in [3.8, 4) is 0 Å². The SMILES string of the molecule is Cn1cc(S(=O)(=O)Nc2cccc(N)c2)c(=O)n(C)c1=O. The standard InChI is InChI=1S/C12H14N4O4S/c1-15-7-10(11(17)16(2)12(15)18)21(19,20)14-9-5-3-4-8(13)6-9/h3-7,14H,13H2,1-2H3. The quantitative estimate of drug-likeness (QED) is 0.739. The van der Waals surface area contributed by atoms with Crippen molar-refractivity contribution in [2.45, 2.75) is 4.90 Å². The van der Waals surface area contributed by atoms with Gasteiger partial charge in [-0.25, -0.2) is 13.2 Å². The summed E-state index contributed by atoms with van der Waals surface area (Å²) < 4.78 is 28.5. The Morgan fingerprint density at radius 1 is 1.19 bits per heavy atom. The molecule has 0 saturated carbocycles. The van der Waals surface area contributed by atoms with Gasteiger partial charge in [-0.15, -0.1) is 0 Å². The molecule has 0 spiro atoms. The monoisotopic (exact) mass is 310 g/mol. The zero-order valence-electron chi connectivity index (χ0n) is 11.4. The van der Waals surface area contributed by atoms with Crippen molar-refractivity contribution in [2.75, 3.05) is 10.5 Å². The molecule has 8 nitrogen and oxygen atoms in total. The summed E-state index contributed by atoms with van der Waals surface area (Å²) in [7, 11) is -1.55. The van der Waals surface area contributed by atoms with Crippen molar-refractivity contribution < 1.29 is 8.42 Å². The predicted octanol–water partition coefficient (Wildman–Crippen LogP) is -0.533. The number of sulfonamides is 1. The second-order valence-corrected chi connectivity index (χ2v) is 6.13. The number of hydrogen-bond acceptors (Lipinski definition) is 5. The Kier molecular flexibility index (Phi) is 3.60. The summed E-state index contributed by atoms with van der Waals surface area (Å²) in [6.07, 6.45) is 0.985. The van der Waals surface area contributed by atoms with Crippen LogP contribution in [-0.4, -0.2) is 17.6 Å². The molecular formula is C12H14N4O4S. The average molecular weight is 310 g/mol. The van der Waals surface area contributed by atoms with E-state index in [4.69, 9.17) is 5.73 Å². The van der Waals surface area contributed by atoms with E-state index in [0.29, 0.717) is 5.69 Å². The van der Waals surface area contributed by atoms with Crippen LogP contribution in [0.3, 0.4) is 0 Å². The van der Waals surface area contributed by atoms with E-state index in [2.05, 4.69) is 4.72 Å². The maximum Gasteiger partial charge on any atom is 0.330 e. The van der Waals surface area contributed by atoms with Crippen LogP contribution in [0.2, 0.25) is 0 Å². The molecule has 0 bridgehead atoms. The lowest BCUT2D eigenvalue weighted by molar-refractivity contribution is 0.589. The zero-order valence-corrected chi connectivity index (χ0v) is 12.2. The van der Waals surface area contributed by atoms with Crippen LogP contribution in [-0.2, 0) is 24.1 Å². The molecule has 0 aliphatic heterocycles. The van der Waals surface area contributed by atoms with Gasteiger partial charge in [-0.2, -0.15) is 0 Å². The highest BCUT2D eigenvalue weighted by Crippen LogP contribution is 2.15. The molecule has 0 fully saturated rings. The first-order valence-corrected chi connectivity index (χ1v) is 7.36. The predicted molar refractivity (Wildman–Crippen MR) is 78.6 cm³/mol. The van der Waals surface area contributed by atoms with Crippen LogP contribution >= 0.6 is 0 Å². The van der Waals surface area contributed by atoms with Gasteiger partial charge in [-0.3, -0.25) is 14.1 Å². The normalized spacial score (nSPS) is 11.3. The summed E-state index contributed by atoms with van der Waals surface area (Å²) >= 11 is 0. The molecule has 2 rings (SSSR count). The van der Waals surface area contributed by atoms with E-state index in [1.807, 2.05) is 0 Å². The molecule has 0 amide bonds. The summed E-state index contributed by atoms with van der Waals surface area (Å²) in [6, 6.07) is 6.10. The maximum absolute atomic E-state index is 12.3. The van der Waals surface area contributed by atoms with Gasteiger partial charge in [0.05, 0.1) is 5.69 Å². The fourth-order valence-electron chi connectivity index (χ4n) is 1.77. The zero-order chi connectivity index (χ0) is 15.8. The number of nitrogens with zero attached hydrogens (tertiary/aromatic N) is 2. The summed E-state index contributed by atoms with van der Waals surface area (Å²) in [5, 5.41) is 0. The van der Waals surface area contributed by atoms with Crippen LogP contribution in [0, 0.1) is 0 Å². The van der Waals surface area contributed by atoms with Crippen LogP contribution in [0.1, 0.15) is 0 Å². The lowest BCUT2D eigenvalue weighted by Gasteiger charge is -2.10.